The van der Waals surface area contributed by atoms with Gasteiger partial charge in [0.05, 0.1) is 18.5 Å². The van der Waals surface area contributed by atoms with E-state index >= 15 is 0 Å². The van der Waals surface area contributed by atoms with Gasteiger partial charge in [-0.2, -0.15) is 0 Å². The highest BCUT2D eigenvalue weighted by molar-refractivity contribution is 5.96. The van der Waals surface area contributed by atoms with Crippen molar-refractivity contribution in [1.82, 2.24) is 15.3 Å². The average Bonchev–Trinajstić information content (AvgIpc) is 3.55. The Kier molecular flexibility index (Phi) is 6.76. The van der Waals surface area contributed by atoms with Gasteiger partial charge >= 0.3 is 0 Å². The van der Waals surface area contributed by atoms with Gasteiger partial charge in [0.25, 0.3) is 0 Å². The molecule has 0 unspecified atom stereocenters. The van der Waals surface area contributed by atoms with Crippen LogP contribution in [0.4, 0.5) is 4.39 Å². The van der Waals surface area contributed by atoms with Crippen LogP contribution in [0.1, 0.15) is 46.8 Å². The molecule has 3 heterocycles. The standard InChI is InChI=1S/C26H28FN3O4/c27-23-6-4-17(10-22(23)24(31)3-1-2-19-13-29-15-30-19)21-8-9-28-12-18(21)14-32-20-5-7-25-26(11-20)34-16-33-25/h4-7,10-11,13,15,18,21,28H,1-3,8-9,12,14,16H2,(H,29,30)/t18-,21-/m0/s1. The lowest BCUT2D eigenvalue weighted by Crippen LogP contribution is -2.38. The van der Waals surface area contributed by atoms with Crippen molar-refractivity contribution in [2.45, 2.75) is 31.6 Å². The average molecular weight is 466 g/mol. The SMILES string of the molecule is O=C(CCCc1cnc[nH]1)c1cc([C@@H]2CCNC[C@H]2COc2ccc3c(c2)OCO3)ccc1F. The van der Waals surface area contributed by atoms with E-state index in [1.165, 1.54) is 6.07 Å². The summed E-state index contributed by atoms with van der Waals surface area (Å²) in [4.78, 5) is 19.8. The van der Waals surface area contributed by atoms with Crippen LogP contribution >= 0.6 is 0 Å². The first-order valence-corrected chi connectivity index (χ1v) is 11.7. The van der Waals surface area contributed by atoms with Crippen LogP contribution in [0.2, 0.25) is 0 Å². The fraction of sp³-hybridized carbons (Fsp3) is 0.385. The van der Waals surface area contributed by atoms with Crippen molar-refractivity contribution in [1.29, 1.82) is 0 Å². The number of nitrogens with zero attached hydrogens (tertiary/aromatic N) is 1. The molecule has 8 heteroatoms. The van der Waals surface area contributed by atoms with Crippen molar-refractivity contribution in [3.8, 4) is 17.2 Å². The van der Waals surface area contributed by atoms with Crippen LogP contribution in [0, 0.1) is 11.7 Å². The van der Waals surface area contributed by atoms with Gasteiger partial charge in [-0.1, -0.05) is 6.07 Å². The van der Waals surface area contributed by atoms with Gasteiger partial charge in [0.15, 0.2) is 17.3 Å². The van der Waals surface area contributed by atoms with Crippen LogP contribution in [0.25, 0.3) is 0 Å². The molecule has 1 fully saturated rings. The van der Waals surface area contributed by atoms with Crippen LogP contribution < -0.4 is 19.5 Å². The summed E-state index contributed by atoms with van der Waals surface area (Å²) in [6, 6.07) is 10.5. The molecule has 3 aromatic rings. The lowest BCUT2D eigenvalue weighted by Gasteiger charge is -2.32. The summed E-state index contributed by atoms with van der Waals surface area (Å²) >= 11 is 0. The maximum absolute atomic E-state index is 14.6. The molecule has 2 aliphatic rings. The Morgan fingerprint density at radius 3 is 2.97 bits per heavy atom. The molecule has 1 aromatic heterocycles. The number of ether oxygens (including phenoxy) is 3. The lowest BCUT2D eigenvalue weighted by molar-refractivity contribution is 0.0976. The summed E-state index contributed by atoms with van der Waals surface area (Å²) in [5.74, 6) is 1.86. The first-order chi connectivity index (χ1) is 16.7. The number of nitrogens with one attached hydrogen (secondary N) is 2. The number of H-pyrrole nitrogens is 1. The van der Waals surface area contributed by atoms with Crippen molar-refractivity contribution < 1.29 is 23.4 Å². The lowest BCUT2D eigenvalue weighted by atomic mass is 9.80. The van der Waals surface area contributed by atoms with Gasteiger partial charge in [-0.25, -0.2) is 9.37 Å². The molecule has 1 saturated heterocycles. The van der Waals surface area contributed by atoms with E-state index in [-0.39, 0.29) is 30.0 Å². The number of aromatic nitrogens is 2. The maximum Gasteiger partial charge on any atom is 0.231 e. The summed E-state index contributed by atoms with van der Waals surface area (Å²) in [6.07, 6.45) is 5.90. The predicted octanol–water partition coefficient (Wildman–Crippen LogP) is 4.26. The van der Waals surface area contributed by atoms with Crippen molar-refractivity contribution in [3.05, 3.63) is 71.6 Å². The smallest absolute Gasteiger partial charge is 0.231 e. The summed E-state index contributed by atoms with van der Waals surface area (Å²) < 4.78 is 31.4. The molecule has 0 bridgehead atoms. The zero-order valence-corrected chi connectivity index (χ0v) is 18.9. The van der Waals surface area contributed by atoms with Crippen LogP contribution in [-0.2, 0) is 6.42 Å². The van der Waals surface area contributed by atoms with Crippen LogP contribution in [-0.4, -0.2) is 42.2 Å². The molecular formula is C26H28FN3O4. The largest absolute Gasteiger partial charge is 0.493 e. The fourth-order valence-corrected chi connectivity index (χ4v) is 4.69. The van der Waals surface area contributed by atoms with Gasteiger partial charge in [-0.05, 0) is 61.6 Å². The van der Waals surface area contributed by atoms with Crippen molar-refractivity contribution >= 4 is 5.78 Å². The van der Waals surface area contributed by atoms with E-state index in [0.717, 1.165) is 42.3 Å². The van der Waals surface area contributed by atoms with E-state index in [4.69, 9.17) is 14.2 Å². The highest BCUT2D eigenvalue weighted by Gasteiger charge is 2.28. The summed E-state index contributed by atoms with van der Waals surface area (Å²) in [6.45, 7) is 2.39. The van der Waals surface area contributed by atoms with E-state index < -0.39 is 5.82 Å². The molecule has 2 aliphatic heterocycles. The zero-order chi connectivity index (χ0) is 23.3. The first-order valence-electron chi connectivity index (χ1n) is 11.7. The molecule has 0 aliphatic carbocycles. The van der Waals surface area contributed by atoms with E-state index in [1.54, 1.807) is 24.7 Å². The molecule has 7 nitrogen and oxygen atoms in total. The second kappa shape index (κ2) is 10.3. The Balaban J connectivity index is 1.25. The van der Waals surface area contributed by atoms with Crippen LogP contribution in [0.5, 0.6) is 17.2 Å². The van der Waals surface area contributed by atoms with Gasteiger partial charge in [-0.3, -0.25) is 4.79 Å². The van der Waals surface area contributed by atoms with E-state index in [0.29, 0.717) is 31.6 Å². The molecule has 0 radical (unpaired) electrons. The number of hydrogen-bond donors (Lipinski definition) is 2. The molecule has 0 amide bonds. The number of carbonyl (C=O) groups excluding carboxylic acids is 1. The molecule has 178 valence electrons. The number of carbonyl (C=O) groups is 1. The topological polar surface area (TPSA) is 85.5 Å². The number of benzene rings is 2. The number of ketones is 1. The van der Waals surface area contributed by atoms with E-state index in [2.05, 4.69) is 15.3 Å². The zero-order valence-electron chi connectivity index (χ0n) is 18.9. The third kappa shape index (κ3) is 5.07. The second-order valence-corrected chi connectivity index (χ2v) is 8.78. The molecule has 34 heavy (non-hydrogen) atoms. The van der Waals surface area contributed by atoms with Gasteiger partial charge in [0.1, 0.15) is 11.6 Å². The van der Waals surface area contributed by atoms with Gasteiger partial charge in [-0.15, -0.1) is 0 Å². The number of rotatable bonds is 9. The number of piperidine rings is 1. The normalized spacial score (nSPS) is 19.2. The Morgan fingerprint density at radius 2 is 2.09 bits per heavy atom. The van der Waals surface area contributed by atoms with Crippen LogP contribution in [0.3, 0.4) is 0 Å². The number of halogens is 1. The highest BCUT2D eigenvalue weighted by Crippen LogP contribution is 2.36. The quantitative estimate of drug-likeness (QED) is 0.460. The van der Waals surface area contributed by atoms with Crippen molar-refractivity contribution in [2.24, 2.45) is 5.92 Å². The monoisotopic (exact) mass is 465 g/mol. The number of fused-ring (bicyclic) bond motifs is 1. The Bertz CT molecular complexity index is 1140. The highest BCUT2D eigenvalue weighted by atomic mass is 19.1. The summed E-state index contributed by atoms with van der Waals surface area (Å²) in [5, 5.41) is 3.43. The Hall–Kier alpha value is -3.39. The third-order valence-corrected chi connectivity index (χ3v) is 6.54. The summed E-state index contributed by atoms with van der Waals surface area (Å²) in [7, 11) is 0. The minimum absolute atomic E-state index is 0.166. The first kappa shape index (κ1) is 22.4. The number of Topliss-reactive ketones (excluding diaryl/α,β-unsaturated/α-hetero) is 1. The Labute approximate surface area is 197 Å². The van der Waals surface area contributed by atoms with Gasteiger partial charge in [0, 0.05) is 36.8 Å². The minimum Gasteiger partial charge on any atom is -0.493 e. The molecule has 2 N–H and O–H groups in total. The molecule has 2 aromatic carbocycles. The Morgan fingerprint density at radius 1 is 1.18 bits per heavy atom. The van der Waals surface area contributed by atoms with E-state index in [9.17, 15) is 9.18 Å². The molecule has 0 spiro atoms. The van der Waals surface area contributed by atoms with Gasteiger partial charge in [0.2, 0.25) is 6.79 Å². The number of aryl methyl sites for hydroxylation is 1. The third-order valence-electron chi connectivity index (χ3n) is 6.54. The fourth-order valence-electron chi connectivity index (χ4n) is 4.69. The number of aromatic amines is 1. The maximum atomic E-state index is 14.6. The molecule has 0 saturated carbocycles. The van der Waals surface area contributed by atoms with Crippen molar-refractivity contribution in [2.75, 3.05) is 26.5 Å². The molecule has 2 atom stereocenters. The van der Waals surface area contributed by atoms with Crippen LogP contribution in [0.15, 0.2) is 48.9 Å². The molecule has 5 rings (SSSR count). The van der Waals surface area contributed by atoms with Crippen molar-refractivity contribution in [3.63, 3.8) is 0 Å². The van der Waals surface area contributed by atoms with Gasteiger partial charge < -0.3 is 24.5 Å². The molecular weight excluding hydrogens is 437 g/mol. The van der Waals surface area contributed by atoms with E-state index in [1.807, 2.05) is 18.2 Å². The summed E-state index contributed by atoms with van der Waals surface area (Å²) in [5.41, 5.74) is 2.14. The number of imidazole rings is 1. The second-order valence-electron chi connectivity index (χ2n) is 8.78. The minimum atomic E-state index is -0.461. The number of hydrogen-bond acceptors (Lipinski definition) is 6. The predicted molar refractivity (Wildman–Crippen MR) is 124 cm³/mol.